The van der Waals surface area contributed by atoms with E-state index in [0.717, 1.165) is 16.7 Å². The minimum absolute atomic E-state index is 0.0460. The van der Waals surface area contributed by atoms with Crippen molar-refractivity contribution in [2.24, 2.45) is 5.73 Å². The van der Waals surface area contributed by atoms with Crippen LogP contribution in [0.4, 0.5) is 24.5 Å². The summed E-state index contributed by atoms with van der Waals surface area (Å²) < 4.78 is 41.5. The number of nitro groups is 1. The van der Waals surface area contributed by atoms with Crippen molar-refractivity contribution in [3.05, 3.63) is 34.4 Å². The molecule has 1 aromatic carbocycles. The van der Waals surface area contributed by atoms with Crippen LogP contribution in [-0.4, -0.2) is 58.3 Å². The summed E-state index contributed by atoms with van der Waals surface area (Å²) in [6, 6.07) is 5.24. The van der Waals surface area contributed by atoms with Crippen molar-refractivity contribution in [3.8, 4) is 0 Å². The molecule has 1 aliphatic heterocycles. The van der Waals surface area contributed by atoms with Crippen molar-refractivity contribution in [2.45, 2.75) is 37.0 Å². The number of hydrogen-bond acceptors (Lipinski definition) is 8. The molecule has 1 heterocycles. The van der Waals surface area contributed by atoms with Gasteiger partial charge in [-0.15, -0.1) is 0 Å². The van der Waals surface area contributed by atoms with Crippen molar-refractivity contribution in [3.63, 3.8) is 0 Å². The Labute approximate surface area is 174 Å². The topological polar surface area (TPSA) is 128 Å². The number of para-hydroxylation sites is 2. The third-order valence-electron chi connectivity index (χ3n) is 4.24. The van der Waals surface area contributed by atoms with E-state index in [0.29, 0.717) is 30.8 Å². The smallest absolute Gasteiger partial charge is 0.425 e. The fourth-order valence-electron chi connectivity index (χ4n) is 2.75. The van der Waals surface area contributed by atoms with E-state index in [9.17, 15) is 32.9 Å². The van der Waals surface area contributed by atoms with Crippen LogP contribution in [-0.2, 0) is 14.3 Å². The standard InChI is InChI=1S/C17H21F3N4O5S/c18-17(19,20)15(26)29-16-23(9-10-30-16)14(25)11(21)5-3-4-8-22-12-6-1-2-7-13(12)24(27)28/h1-2,6-7,11,16,22H,3-5,8-10,21H2. The number of ether oxygens (including phenoxy) is 1. The van der Waals surface area contributed by atoms with Crippen LogP contribution in [0.5, 0.6) is 0 Å². The molecule has 1 aliphatic rings. The molecule has 2 rings (SSSR count). The second-order valence-corrected chi connectivity index (χ2v) is 7.56. The molecule has 3 N–H and O–H groups in total. The van der Waals surface area contributed by atoms with Gasteiger partial charge in [-0.1, -0.05) is 23.9 Å². The molecule has 2 unspecified atom stereocenters. The molecule has 13 heteroatoms. The van der Waals surface area contributed by atoms with Gasteiger partial charge in [0.25, 0.3) is 5.69 Å². The monoisotopic (exact) mass is 450 g/mol. The number of thioether (sulfide) groups is 1. The molecule has 1 aromatic rings. The summed E-state index contributed by atoms with van der Waals surface area (Å²) in [6.45, 7) is 0.545. The summed E-state index contributed by atoms with van der Waals surface area (Å²) >= 11 is 0.915. The van der Waals surface area contributed by atoms with Gasteiger partial charge in [0.1, 0.15) is 5.69 Å². The van der Waals surface area contributed by atoms with Crippen LogP contribution < -0.4 is 11.1 Å². The second kappa shape index (κ2) is 10.5. The number of nitrogens with one attached hydrogen (secondary N) is 1. The number of nitrogens with zero attached hydrogens (tertiary/aromatic N) is 2. The Bertz CT molecular complexity index is 780. The van der Waals surface area contributed by atoms with Crippen molar-refractivity contribution in [1.82, 2.24) is 4.90 Å². The normalized spacial score (nSPS) is 17.5. The molecule has 0 aromatic heterocycles. The average Bonchev–Trinajstić information content (AvgIpc) is 3.14. The molecule has 0 bridgehead atoms. The Morgan fingerprint density at radius 1 is 1.37 bits per heavy atom. The average molecular weight is 450 g/mol. The van der Waals surface area contributed by atoms with Crippen LogP contribution in [0.1, 0.15) is 19.3 Å². The summed E-state index contributed by atoms with van der Waals surface area (Å²) in [5.41, 5.74) is 4.85. The molecule has 1 saturated heterocycles. The molecule has 0 saturated carbocycles. The Hall–Kier alpha value is -2.54. The quantitative estimate of drug-likeness (QED) is 0.254. The maximum Gasteiger partial charge on any atom is 0.491 e. The highest BCUT2D eigenvalue weighted by Gasteiger charge is 2.45. The first kappa shape index (κ1) is 23.7. The van der Waals surface area contributed by atoms with Crippen LogP contribution in [0.3, 0.4) is 0 Å². The highest BCUT2D eigenvalue weighted by atomic mass is 32.2. The van der Waals surface area contributed by atoms with Gasteiger partial charge in [0.2, 0.25) is 11.5 Å². The van der Waals surface area contributed by atoms with E-state index in [1.807, 2.05) is 0 Å². The SMILES string of the molecule is NC(CCCCNc1ccccc1[N+](=O)[O-])C(=O)N1CCSC1OC(=O)C(F)(F)F. The number of unbranched alkanes of at least 4 members (excludes halogenated alkanes) is 1. The van der Waals surface area contributed by atoms with Gasteiger partial charge >= 0.3 is 12.1 Å². The van der Waals surface area contributed by atoms with Crippen molar-refractivity contribution in [1.29, 1.82) is 0 Å². The highest BCUT2D eigenvalue weighted by molar-refractivity contribution is 8.00. The van der Waals surface area contributed by atoms with Crippen LogP contribution in [0, 0.1) is 10.1 Å². The van der Waals surface area contributed by atoms with Crippen molar-refractivity contribution >= 4 is 35.0 Å². The number of benzene rings is 1. The predicted molar refractivity (Wildman–Crippen MR) is 104 cm³/mol. The molecule has 30 heavy (non-hydrogen) atoms. The second-order valence-electron chi connectivity index (χ2n) is 6.42. The number of nitro benzene ring substituents is 1. The van der Waals surface area contributed by atoms with Crippen LogP contribution in [0.2, 0.25) is 0 Å². The van der Waals surface area contributed by atoms with Crippen LogP contribution in [0.15, 0.2) is 24.3 Å². The largest absolute Gasteiger partial charge is 0.491 e. The molecule has 0 radical (unpaired) electrons. The van der Waals surface area contributed by atoms with Gasteiger partial charge in [-0.25, -0.2) is 4.79 Å². The van der Waals surface area contributed by atoms with Gasteiger partial charge in [-0.05, 0) is 25.3 Å². The van der Waals surface area contributed by atoms with E-state index in [1.165, 1.54) is 6.07 Å². The van der Waals surface area contributed by atoms with E-state index >= 15 is 0 Å². The number of rotatable bonds is 9. The molecule has 1 fully saturated rings. The van der Waals surface area contributed by atoms with Gasteiger partial charge in [0.05, 0.1) is 11.0 Å². The summed E-state index contributed by atoms with van der Waals surface area (Å²) in [4.78, 5) is 34.9. The van der Waals surface area contributed by atoms with Crippen molar-refractivity contribution in [2.75, 3.05) is 24.2 Å². The first-order valence-electron chi connectivity index (χ1n) is 9.04. The van der Waals surface area contributed by atoms with E-state index in [1.54, 1.807) is 18.2 Å². The fraction of sp³-hybridized carbons (Fsp3) is 0.529. The Kier molecular flexibility index (Phi) is 8.29. The Morgan fingerprint density at radius 2 is 2.07 bits per heavy atom. The number of amides is 1. The molecule has 166 valence electrons. The van der Waals surface area contributed by atoms with E-state index in [2.05, 4.69) is 10.1 Å². The lowest BCUT2D eigenvalue weighted by atomic mass is 10.1. The highest BCUT2D eigenvalue weighted by Crippen LogP contribution is 2.29. The van der Waals surface area contributed by atoms with Crippen molar-refractivity contribution < 1.29 is 32.4 Å². The van der Waals surface area contributed by atoms with E-state index in [-0.39, 0.29) is 18.7 Å². The number of anilines is 1. The third-order valence-corrected chi connectivity index (χ3v) is 5.30. The number of alkyl halides is 3. The lowest BCUT2D eigenvalue weighted by molar-refractivity contribution is -0.384. The molecule has 9 nitrogen and oxygen atoms in total. The number of esters is 1. The molecule has 1 amide bonds. The number of hydrogen-bond donors (Lipinski definition) is 2. The minimum Gasteiger partial charge on any atom is -0.425 e. The number of halogens is 3. The predicted octanol–water partition coefficient (Wildman–Crippen LogP) is 2.47. The zero-order valence-corrected chi connectivity index (χ0v) is 16.6. The summed E-state index contributed by atoms with van der Waals surface area (Å²) in [6.07, 6.45) is -3.80. The molecular formula is C17H21F3N4O5S. The van der Waals surface area contributed by atoms with Crippen LogP contribution >= 0.6 is 11.8 Å². The summed E-state index contributed by atoms with van der Waals surface area (Å²) in [7, 11) is 0. The van der Waals surface area contributed by atoms with Gasteiger partial charge in [0.15, 0.2) is 0 Å². The Balaban J connectivity index is 1.76. The zero-order valence-electron chi connectivity index (χ0n) is 15.8. The summed E-state index contributed by atoms with van der Waals surface area (Å²) in [5, 5.41) is 13.9. The lowest BCUT2D eigenvalue weighted by Gasteiger charge is -2.26. The molecular weight excluding hydrogens is 429 g/mol. The zero-order chi connectivity index (χ0) is 22.3. The van der Waals surface area contributed by atoms with Gasteiger partial charge in [-0.2, -0.15) is 13.2 Å². The first-order valence-corrected chi connectivity index (χ1v) is 10.1. The lowest BCUT2D eigenvalue weighted by Crippen LogP contribution is -2.47. The number of nitrogens with two attached hydrogens (primary N) is 1. The van der Waals surface area contributed by atoms with Gasteiger partial charge in [-0.3, -0.25) is 19.8 Å². The van der Waals surface area contributed by atoms with E-state index in [4.69, 9.17) is 5.73 Å². The van der Waals surface area contributed by atoms with Crippen LogP contribution in [0.25, 0.3) is 0 Å². The number of carbonyl (C=O) groups excluding carboxylic acids is 2. The molecule has 0 aliphatic carbocycles. The molecule has 2 atom stereocenters. The number of carbonyl (C=O) groups is 2. The summed E-state index contributed by atoms with van der Waals surface area (Å²) in [5.74, 6) is -2.62. The maximum absolute atomic E-state index is 12.4. The van der Waals surface area contributed by atoms with Gasteiger partial charge in [0, 0.05) is 24.9 Å². The minimum atomic E-state index is -5.14. The fourth-order valence-corrected chi connectivity index (χ4v) is 3.80. The Morgan fingerprint density at radius 3 is 2.73 bits per heavy atom. The molecule has 0 spiro atoms. The first-order chi connectivity index (χ1) is 14.1. The maximum atomic E-state index is 12.4. The van der Waals surface area contributed by atoms with E-state index < -0.39 is 34.6 Å². The van der Waals surface area contributed by atoms with Gasteiger partial charge < -0.3 is 15.8 Å². The third kappa shape index (κ3) is 6.49.